The molecule has 0 fully saturated rings. The second kappa shape index (κ2) is 12.0. The standard InChI is InChI=1S/C34H41NO2/c1-24(2)28-13-10-14-30(20-28)33-16-9-8-15-32(33)25(3)37-23-31(36)22-35-34(4,5)21-26-17-18-27-11-6-7-12-29(27)19-26/h6-20,24-25,31,35-36H,21-23H2,1-5H3/t25?,31-/m1/s1. The Balaban J connectivity index is 1.33. The van der Waals surface area contributed by atoms with E-state index in [1.54, 1.807) is 0 Å². The molecule has 0 aromatic heterocycles. The molecule has 2 N–H and O–H groups in total. The molecule has 0 aliphatic heterocycles. The molecule has 4 aromatic rings. The highest BCUT2D eigenvalue weighted by Gasteiger charge is 2.20. The van der Waals surface area contributed by atoms with Crippen molar-refractivity contribution in [1.29, 1.82) is 0 Å². The van der Waals surface area contributed by atoms with Crippen molar-refractivity contribution in [3.05, 3.63) is 108 Å². The topological polar surface area (TPSA) is 41.5 Å². The maximum Gasteiger partial charge on any atom is 0.0898 e. The van der Waals surface area contributed by atoms with E-state index < -0.39 is 6.10 Å². The minimum absolute atomic E-state index is 0.126. The molecule has 0 aliphatic rings. The first kappa shape index (κ1) is 27.1. The summed E-state index contributed by atoms with van der Waals surface area (Å²) in [6, 6.07) is 32.2. The molecular formula is C34H41NO2. The van der Waals surface area contributed by atoms with Crippen LogP contribution in [0.3, 0.4) is 0 Å². The molecule has 4 aromatic carbocycles. The molecule has 0 saturated heterocycles. The Morgan fingerprint density at radius 3 is 2.32 bits per heavy atom. The lowest BCUT2D eigenvalue weighted by Crippen LogP contribution is -2.46. The summed E-state index contributed by atoms with van der Waals surface area (Å²) >= 11 is 0. The van der Waals surface area contributed by atoms with Crippen LogP contribution in [0.1, 0.15) is 63.3 Å². The summed E-state index contributed by atoms with van der Waals surface area (Å²) in [4.78, 5) is 0. The van der Waals surface area contributed by atoms with Crippen LogP contribution in [-0.4, -0.2) is 29.9 Å². The van der Waals surface area contributed by atoms with Gasteiger partial charge in [-0.2, -0.15) is 0 Å². The van der Waals surface area contributed by atoms with Gasteiger partial charge in [-0.15, -0.1) is 0 Å². The minimum atomic E-state index is -0.588. The first-order valence-electron chi connectivity index (χ1n) is 13.4. The molecule has 4 rings (SSSR count). The average molecular weight is 496 g/mol. The predicted molar refractivity (Wildman–Crippen MR) is 156 cm³/mol. The average Bonchev–Trinajstić information content (AvgIpc) is 2.90. The molecule has 0 heterocycles. The molecule has 0 amide bonds. The fourth-order valence-electron chi connectivity index (χ4n) is 4.90. The van der Waals surface area contributed by atoms with Gasteiger partial charge in [0.2, 0.25) is 0 Å². The summed E-state index contributed by atoms with van der Waals surface area (Å²) < 4.78 is 6.17. The number of benzene rings is 4. The van der Waals surface area contributed by atoms with Gasteiger partial charge in [-0.25, -0.2) is 0 Å². The summed E-state index contributed by atoms with van der Waals surface area (Å²) in [5.41, 5.74) is 5.99. The minimum Gasteiger partial charge on any atom is -0.389 e. The molecule has 1 unspecified atom stereocenters. The van der Waals surface area contributed by atoms with Crippen LogP contribution in [0.15, 0.2) is 91.0 Å². The van der Waals surface area contributed by atoms with Gasteiger partial charge in [0.05, 0.1) is 18.8 Å². The lowest BCUT2D eigenvalue weighted by atomic mass is 9.93. The number of aliphatic hydroxyl groups is 1. The van der Waals surface area contributed by atoms with E-state index in [-0.39, 0.29) is 18.2 Å². The maximum absolute atomic E-state index is 10.7. The van der Waals surface area contributed by atoms with Crippen molar-refractivity contribution < 1.29 is 9.84 Å². The molecule has 194 valence electrons. The number of β-amino-alcohol motifs (C(OH)–C–C–N with tert-alkyl or cyclic N) is 1. The number of aliphatic hydroxyl groups excluding tert-OH is 1. The lowest BCUT2D eigenvalue weighted by molar-refractivity contribution is -0.00397. The van der Waals surface area contributed by atoms with E-state index in [1.807, 2.05) is 0 Å². The summed E-state index contributed by atoms with van der Waals surface area (Å²) in [6.07, 6.45) is 0.166. The number of hydrogen-bond acceptors (Lipinski definition) is 3. The van der Waals surface area contributed by atoms with Crippen LogP contribution in [0.2, 0.25) is 0 Å². The molecule has 3 nitrogen and oxygen atoms in total. The van der Waals surface area contributed by atoms with Crippen molar-refractivity contribution in [2.75, 3.05) is 13.2 Å². The molecular weight excluding hydrogens is 454 g/mol. The van der Waals surface area contributed by atoms with Crippen LogP contribution in [0.4, 0.5) is 0 Å². The number of ether oxygens (including phenoxy) is 1. The smallest absolute Gasteiger partial charge is 0.0898 e. The van der Waals surface area contributed by atoms with E-state index in [0.29, 0.717) is 12.5 Å². The highest BCUT2D eigenvalue weighted by Crippen LogP contribution is 2.31. The SMILES string of the molecule is CC(C)c1cccc(-c2ccccc2C(C)OC[C@H](O)CNC(C)(C)Cc2ccc3ccccc3c2)c1. The second-order valence-electron chi connectivity index (χ2n) is 11.1. The van der Waals surface area contributed by atoms with Gasteiger partial charge in [-0.05, 0) is 71.7 Å². The number of rotatable bonds is 11. The Hall–Kier alpha value is -2.98. The van der Waals surface area contributed by atoms with E-state index in [2.05, 4.69) is 131 Å². The van der Waals surface area contributed by atoms with Crippen LogP contribution in [-0.2, 0) is 11.2 Å². The molecule has 0 saturated carbocycles. The van der Waals surface area contributed by atoms with E-state index in [4.69, 9.17) is 4.74 Å². The van der Waals surface area contributed by atoms with Crippen molar-refractivity contribution in [3.8, 4) is 11.1 Å². The summed E-state index contributed by atoms with van der Waals surface area (Å²) in [6.45, 7) is 11.6. The predicted octanol–water partition coefficient (Wildman–Crippen LogP) is 7.68. The fraction of sp³-hybridized carbons (Fsp3) is 0.353. The normalized spacial score (nSPS) is 13.7. The first-order valence-corrected chi connectivity index (χ1v) is 13.4. The van der Waals surface area contributed by atoms with E-state index in [9.17, 15) is 5.11 Å². The third-order valence-electron chi connectivity index (χ3n) is 7.08. The third kappa shape index (κ3) is 7.29. The number of nitrogens with one attached hydrogen (secondary N) is 1. The van der Waals surface area contributed by atoms with Gasteiger partial charge in [0.15, 0.2) is 0 Å². The highest BCUT2D eigenvalue weighted by molar-refractivity contribution is 5.83. The largest absolute Gasteiger partial charge is 0.389 e. The van der Waals surface area contributed by atoms with Crippen LogP contribution in [0.25, 0.3) is 21.9 Å². The summed E-state index contributed by atoms with van der Waals surface area (Å²) in [5.74, 6) is 0.480. The van der Waals surface area contributed by atoms with Crippen LogP contribution in [0.5, 0.6) is 0 Å². The van der Waals surface area contributed by atoms with Crippen molar-refractivity contribution in [3.63, 3.8) is 0 Å². The van der Waals surface area contributed by atoms with Gasteiger partial charge in [0, 0.05) is 12.1 Å². The Labute approximate surface area is 222 Å². The number of fused-ring (bicyclic) bond motifs is 1. The Kier molecular flexibility index (Phi) is 8.81. The van der Waals surface area contributed by atoms with E-state index in [0.717, 1.165) is 12.0 Å². The Bertz CT molecular complexity index is 1310. The van der Waals surface area contributed by atoms with Crippen molar-refractivity contribution in [2.45, 2.75) is 64.7 Å². The zero-order valence-electron chi connectivity index (χ0n) is 22.9. The van der Waals surface area contributed by atoms with E-state index in [1.165, 1.54) is 33.0 Å². The molecule has 0 aliphatic carbocycles. The van der Waals surface area contributed by atoms with Crippen LogP contribution >= 0.6 is 0 Å². The van der Waals surface area contributed by atoms with Crippen LogP contribution in [0, 0.1) is 0 Å². The van der Waals surface area contributed by atoms with Gasteiger partial charge >= 0.3 is 0 Å². The second-order valence-corrected chi connectivity index (χ2v) is 11.1. The molecule has 3 heteroatoms. The monoisotopic (exact) mass is 495 g/mol. The van der Waals surface area contributed by atoms with Gasteiger partial charge in [-0.1, -0.05) is 105 Å². The zero-order chi connectivity index (χ0) is 26.4. The van der Waals surface area contributed by atoms with Gasteiger partial charge < -0.3 is 15.2 Å². The highest BCUT2D eigenvalue weighted by atomic mass is 16.5. The summed E-state index contributed by atoms with van der Waals surface area (Å²) in [5, 5.41) is 16.8. The number of hydrogen-bond donors (Lipinski definition) is 2. The Morgan fingerprint density at radius 2 is 1.54 bits per heavy atom. The zero-order valence-corrected chi connectivity index (χ0v) is 22.9. The molecule has 2 atom stereocenters. The first-order chi connectivity index (χ1) is 17.7. The van der Waals surface area contributed by atoms with Crippen molar-refractivity contribution in [1.82, 2.24) is 5.32 Å². The lowest BCUT2D eigenvalue weighted by Gasteiger charge is -2.28. The van der Waals surface area contributed by atoms with Gasteiger partial charge in [0.1, 0.15) is 0 Å². The quantitative estimate of drug-likeness (QED) is 0.224. The van der Waals surface area contributed by atoms with Crippen molar-refractivity contribution >= 4 is 10.8 Å². The fourth-order valence-corrected chi connectivity index (χ4v) is 4.90. The Morgan fingerprint density at radius 1 is 0.811 bits per heavy atom. The van der Waals surface area contributed by atoms with Crippen molar-refractivity contribution in [2.24, 2.45) is 0 Å². The summed E-state index contributed by atoms with van der Waals surface area (Å²) in [7, 11) is 0. The molecule has 0 spiro atoms. The molecule has 37 heavy (non-hydrogen) atoms. The van der Waals surface area contributed by atoms with E-state index >= 15 is 0 Å². The molecule has 0 radical (unpaired) electrons. The van der Waals surface area contributed by atoms with Gasteiger partial charge in [-0.3, -0.25) is 0 Å². The third-order valence-corrected chi connectivity index (χ3v) is 7.08. The maximum atomic E-state index is 10.7. The molecule has 0 bridgehead atoms. The van der Waals surface area contributed by atoms with Crippen LogP contribution < -0.4 is 5.32 Å². The van der Waals surface area contributed by atoms with Gasteiger partial charge in [0.25, 0.3) is 0 Å².